The van der Waals surface area contributed by atoms with Crippen molar-refractivity contribution >= 4 is 31.9 Å². The van der Waals surface area contributed by atoms with Gasteiger partial charge in [-0.05, 0) is 0 Å². The van der Waals surface area contributed by atoms with Gasteiger partial charge in [-0.2, -0.15) is 9.13 Å². The number of rotatable bonds is 5. The third kappa shape index (κ3) is 3.85. The van der Waals surface area contributed by atoms with Gasteiger partial charge in [-0.25, -0.2) is 0 Å². The zero-order valence-corrected chi connectivity index (χ0v) is 13.9. The van der Waals surface area contributed by atoms with Crippen LogP contribution in [0.15, 0.2) is 61.2 Å². The molecule has 2 atom stereocenters. The lowest BCUT2D eigenvalue weighted by molar-refractivity contribution is -0.789. The van der Waals surface area contributed by atoms with Gasteiger partial charge < -0.3 is 10.2 Å². The number of alkyl halides is 2. The van der Waals surface area contributed by atoms with Gasteiger partial charge in [-0.3, -0.25) is 0 Å². The van der Waals surface area contributed by atoms with Crippen molar-refractivity contribution in [2.75, 3.05) is 0 Å². The molecule has 4 nitrogen and oxygen atoms in total. The Hall–Kier alpha value is -0.820. The first-order valence-electron chi connectivity index (χ1n) is 6.18. The fraction of sp³-hybridized carbons (Fsp3) is 0.286. The van der Waals surface area contributed by atoms with Crippen molar-refractivity contribution in [3.63, 3.8) is 0 Å². The maximum Gasteiger partial charge on any atom is 0.326 e. The molecule has 0 aromatic carbocycles. The first-order valence-corrected chi connectivity index (χ1v) is 7.76. The third-order valence-corrected chi connectivity index (χ3v) is 4.60. The summed E-state index contributed by atoms with van der Waals surface area (Å²) in [5.74, 6) is 0. The van der Waals surface area contributed by atoms with Crippen LogP contribution in [0.4, 0.5) is 0 Å². The average molecular weight is 404 g/mol. The molecule has 2 unspecified atom stereocenters. The molecule has 2 heterocycles. The van der Waals surface area contributed by atoms with Crippen LogP contribution in [0.5, 0.6) is 0 Å². The number of nitrogens with zero attached hydrogens (tertiary/aromatic N) is 2. The molecule has 0 fully saturated rings. The van der Waals surface area contributed by atoms with Gasteiger partial charge in [0.2, 0.25) is 0 Å². The monoisotopic (exact) mass is 402 g/mol. The molecule has 2 aromatic rings. The Morgan fingerprint density at radius 1 is 0.650 bits per heavy atom. The van der Waals surface area contributed by atoms with Crippen molar-refractivity contribution in [3.05, 3.63) is 61.2 Å². The highest BCUT2D eigenvalue weighted by Gasteiger charge is 2.41. The molecule has 106 valence electrons. The molecule has 2 aromatic heterocycles. The quantitative estimate of drug-likeness (QED) is 0.590. The molecule has 0 aliphatic carbocycles. The van der Waals surface area contributed by atoms with Gasteiger partial charge in [-0.1, -0.05) is 12.1 Å². The van der Waals surface area contributed by atoms with E-state index in [1.165, 1.54) is 0 Å². The van der Waals surface area contributed by atoms with Crippen LogP contribution in [0, 0.1) is 0 Å². The lowest BCUT2D eigenvalue weighted by Crippen LogP contribution is -2.55. The van der Waals surface area contributed by atoms with E-state index in [9.17, 15) is 10.2 Å². The van der Waals surface area contributed by atoms with Gasteiger partial charge in [-0.15, -0.1) is 0 Å². The Kier molecular flexibility index (Phi) is 4.90. The van der Waals surface area contributed by atoms with E-state index in [0.29, 0.717) is 12.8 Å². The highest BCUT2D eigenvalue weighted by Crippen LogP contribution is 2.28. The zero-order chi connectivity index (χ0) is 14.6. The molecule has 0 saturated heterocycles. The molecular formula is C14H16Br2N2O2+2. The van der Waals surface area contributed by atoms with E-state index < -0.39 is 9.27 Å². The van der Waals surface area contributed by atoms with Crippen LogP contribution in [-0.2, 0) is 9.27 Å². The average Bonchev–Trinajstić information content (AvgIpc) is 2.47. The number of aromatic nitrogens is 2. The Labute approximate surface area is 134 Å². The second-order valence-corrected chi connectivity index (χ2v) is 7.04. The molecule has 0 spiro atoms. The van der Waals surface area contributed by atoms with E-state index in [-0.39, 0.29) is 0 Å². The van der Waals surface area contributed by atoms with Crippen molar-refractivity contribution in [2.45, 2.75) is 22.1 Å². The van der Waals surface area contributed by atoms with Crippen LogP contribution in [0.3, 0.4) is 0 Å². The highest BCUT2D eigenvalue weighted by atomic mass is 79.9. The van der Waals surface area contributed by atoms with Crippen molar-refractivity contribution in [1.82, 2.24) is 0 Å². The zero-order valence-electron chi connectivity index (χ0n) is 10.7. The van der Waals surface area contributed by atoms with Crippen molar-refractivity contribution in [2.24, 2.45) is 0 Å². The van der Waals surface area contributed by atoms with Crippen molar-refractivity contribution in [1.29, 1.82) is 0 Å². The number of halogens is 2. The highest BCUT2D eigenvalue weighted by molar-refractivity contribution is 9.09. The lowest BCUT2D eigenvalue weighted by atomic mass is 10.2. The summed E-state index contributed by atoms with van der Waals surface area (Å²) in [6, 6.07) is 11.1. The first kappa shape index (κ1) is 15.6. The molecule has 0 radical (unpaired) electrons. The van der Waals surface area contributed by atoms with Gasteiger partial charge >= 0.3 is 9.27 Å². The largest absolute Gasteiger partial charge is 0.326 e. The Bertz CT molecular complexity index is 496. The Morgan fingerprint density at radius 3 is 1.25 bits per heavy atom. The molecule has 20 heavy (non-hydrogen) atoms. The van der Waals surface area contributed by atoms with E-state index in [1.807, 2.05) is 36.4 Å². The van der Waals surface area contributed by atoms with Crippen LogP contribution in [-0.4, -0.2) is 10.2 Å². The molecule has 0 amide bonds. The molecule has 0 bridgehead atoms. The van der Waals surface area contributed by atoms with Crippen LogP contribution in [0.25, 0.3) is 0 Å². The van der Waals surface area contributed by atoms with Crippen molar-refractivity contribution in [3.8, 4) is 0 Å². The number of pyridine rings is 2. The maximum atomic E-state index is 10.4. The molecular weight excluding hydrogens is 388 g/mol. The number of hydrogen-bond acceptors (Lipinski definition) is 2. The number of aliphatic hydroxyl groups is 2. The van der Waals surface area contributed by atoms with E-state index in [2.05, 4.69) is 31.9 Å². The summed E-state index contributed by atoms with van der Waals surface area (Å²) in [5.41, 5.74) is 0. The van der Waals surface area contributed by atoms with E-state index in [1.54, 1.807) is 33.9 Å². The summed E-state index contributed by atoms with van der Waals surface area (Å²) < 4.78 is 0.800. The molecule has 2 N–H and O–H groups in total. The summed E-state index contributed by atoms with van der Waals surface area (Å²) in [5, 5.41) is 20.9. The molecule has 2 rings (SSSR count). The van der Waals surface area contributed by atoms with Gasteiger partial charge in [0, 0.05) is 56.1 Å². The summed E-state index contributed by atoms with van der Waals surface area (Å²) in [6.07, 6.45) is 7.67. The SMILES string of the molecule is OC(Br)(CCC(O)(Br)[n+]1ccccc1)[n+]1ccccc1. The van der Waals surface area contributed by atoms with Crippen LogP contribution < -0.4 is 9.13 Å². The minimum Gasteiger partial charge on any atom is -0.325 e. The standard InChI is InChI=1S/C14H16Br2N2O2/c15-13(19,17-9-3-1-4-10-17)7-8-14(16,20)18-11-5-2-6-12-18/h1-6,9-12,19-20H,7-8H2/q+2. The van der Waals surface area contributed by atoms with Crippen LogP contribution in [0.1, 0.15) is 12.8 Å². The summed E-state index contributed by atoms with van der Waals surface area (Å²) >= 11 is 6.59. The second kappa shape index (κ2) is 6.30. The van der Waals surface area contributed by atoms with E-state index in [4.69, 9.17) is 0 Å². The number of hydrogen-bond donors (Lipinski definition) is 2. The fourth-order valence-electron chi connectivity index (χ4n) is 1.83. The van der Waals surface area contributed by atoms with Crippen molar-refractivity contribution < 1.29 is 19.3 Å². The van der Waals surface area contributed by atoms with Gasteiger partial charge in [0.25, 0.3) is 0 Å². The Balaban J connectivity index is 2.08. The summed E-state index contributed by atoms with van der Waals surface area (Å²) in [7, 11) is 0. The van der Waals surface area contributed by atoms with E-state index in [0.717, 1.165) is 0 Å². The molecule has 6 heteroatoms. The molecule has 0 aliphatic heterocycles. The maximum absolute atomic E-state index is 10.4. The van der Waals surface area contributed by atoms with Crippen LogP contribution in [0.2, 0.25) is 0 Å². The third-order valence-electron chi connectivity index (χ3n) is 2.98. The topological polar surface area (TPSA) is 48.2 Å². The lowest BCUT2D eigenvalue weighted by Gasteiger charge is -2.19. The smallest absolute Gasteiger partial charge is 0.325 e. The van der Waals surface area contributed by atoms with Crippen LogP contribution >= 0.6 is 31.9 Å². The van der Waals surface area contributed by atoms with Gasteiger partial charge in [0.05, 0.1) is 12.8 Å². The predicted octanol–water partition coefficient (Wildman–Crippen LogP) is 1.74. The second-order valence-electron chi connectivity index (χ2n) is 4.50. The fourth-order valence-corrected chi connectivity index (χ4v) is 2.70. The summed E-state index contributed by atoms with van der Waals surface area (Å²) in [6.45, 7) is 0. The molecule has 0 aliphatic rings. The minimum absolute atomic E-state index is 0.311. The Morgan fingerprint density at radius 2 is 0.950 bits per heavy atom. The molecule has 0 saturated carbocycles. The van der Waals surface area contributed by atoms with Gasteiger partial charge in [0.1, 0.15) is 0 Å². The van der Waals surface area contributed by atoms with Gasteiger partial charge in [0.15, 0.2) is 24.8 Å². The minimum atomic E-state index is -1.24. The first-order chi connectivity index (χ1) is 9.42. The summed E-state index contributed by atoms with van der Waals surface area (Å²) in [4.78, 5) is 0. The normalized spacial score (nSPS) is 17.2. The van der Waals surface area contributed by atoms with E-state index >= 15 is 0 Å². The predicted molar refractivity (Wildman–Crippen MR) is 80.7 cm³/mol.